The number of carbonyl (C=O) groups is 2. The monoisotopic (exact) mass is 428 g/mol. The molecule has 0 aliphatic heterocycles. The summed E-state index contributed by atoms with van der Waals surface area (Å²) in [5.41, 5.74) is 3.42. The summed E-state index contributed by atoms with van der Waals surface area (Å²) in [5, 5.41) is 0. The summed E-state index contributed by atoms with van der Waals surface area (Å²) in [4.78, 5) is 25.9. The molecule has 5 heteroatoms. The smallest absolute Gasteiger partial charge is 0.338 e. The number of carbonyl (C=O) groups excluding carboxylic acids is 2. The van der Waals surface area contributed by atoms with Gasteiger partial charge in [0.05, 0.1) is 12.7 Å². The van der Waals surface area contributed by atoms with E-state index in [1.807, 2.05) is 0 Å². The summed E-state index contributed by atoms with van der Waals surface area (Å²) in [7, 11) is 1.26. The molecule has 0 radical (unpaired) electrons. The minimum absolute atomic E-state index is 0.198. The summed E-state index contributed by atoms with van der Waals surface area (Å²) in [6.45, 7) is 0. The average Bonchev–Trinajstić information content (AvgIpc) is 2.84. The number of halogens is 2. The fourth-order valence-corrected chi connectivity index (χ4v) is 3.56. The number of benzene rings is 4. The zero-order valence-electron chi connectivity index (χ0n) is 17.1. The van der Waals surface area contributed by atoms with Gasteiger partial charge >= 0.3 is 5.97 Å². The van der Waals surface area contributed by atoms with E-state index in [4.69, 9.17) is 4.74 Å². The standard InChI is InChI=1S/C27H18F2O3/c1-32-27(31)25-16-19(10-15-23(25)18-8-13-21(29)14-9-18)26(30)24-5-3-2-4-22(24)17-6-11-20(28)12-7-17/h2-16H,1H3. The van der Waals surface area contributed by atoms with Gasteiger partial charge in [0.25, 0.3) is 0 Å². The van der Waals surface area contributed by atoms with Crippen molar-refractivity contribution in [3.63, 3.8) is 0 Å². The van der Waals surface area contributed by atoms with Gasteiger partial charge in [0.15, 0.2) is 5.78 Å². The van der Waals surface area contributed by atoms with Crippen molar-refractivity contribution in [1.29, 1.82) is 0 Å². The second kappa shape index (κ2) is 8.94. The van der Waals surface area contributed by atoms with Gasteiger partial charge in [-0.15, -0.1) is 0 Å². The Balaban J connectivity index is 1.79. The highest BCUT2D eigenvalue weighted by atomic mass is 19.1. The molecule has 0 amide bonds. The molecule has 0 aliphatic rings. The molecule has 0 aromatic heterocycles. The topological polar surface area (TPSA) is 43.4 Å². The van der Waals surface area contributed by atoms with Crippen LogP contribution in [0.5, 0.6) is 0 Å². The molecule has 0 saturated heterocycles. The highest BCUT2D eigenvalue weighted by molar-refractivity contribution is 6.14. The van der Waals surface area contributed by atoms with Gasteiger partial charge in [0.1, 0.15) is 11.6 Å². The molecule has 0 heterocycles. The number of ether oxygens (including phenoxy) is 1. The van der Waals surface area contributed by atoms with Crippen molar-refractivity contribution in [3.8, 4) is 22.3 Å². The lowest BCUT2D eigenvalue weighted by Gasteiger charge is -2.12. The van der Waals surface area contributed by atoms with Crippen LogP contribution in [0.2, 0.25) is 0 Å². The maximum absolute atomic E-state index is 13.4. The summed E-state index contributed by atoms with van der Waals surface area (Å²) >= 11 is 0. The third kappa shape index (κ3) is 4.18. The number of esters is 1. The highest BCUT2D eigenvalue weighted by Gasteiger charge is 2.20. The molecule has 0 saturated carbocycles. The van der Waals surface area contributed by atoms with E-state index in [0.717, 1.165) is 0 Å². The van der Waals surface area contributed by atoms with Crippen LogP contribution in [0.25, 0.3) is 22.3 Å². The maximum atomic E-state index is 13.4. The van der Waals surface area contributed by atoms with Crippen LogP contribution in [0.15, 0.2) is 91.0 Å². The Kier molecular flexibility index (Phi) is 5.90. The molecule has 0 fully saturated rings. The predicted molar refractivity (Wildman–Crippen MR) is 118 cm³/mol. The second-order valence-electron chi connectivity index (χ2n) is 7.14. The van der Waals surface area contributed by atoms with Gasteiger partial charge in [-0.05, 0) is 52.6 Å². The first-order valence-corrected chi connectivity index (χ1v) is 9.86. The summed E-state index contributed by atoms with van der Waals surface area (Å²) in [5.74, 6) is -1.65. The molecule has 0 spiro atoms. The Morgan fingerprint density at radius 2 is 1.19 bits per heavy atom. The fourth-order valence-electron chi connectivity index (χ4n) is 3.56. The Morgan fingerprint density at radius 3 is 1.75 bits per heavy atom. The molecule has 0 unspecified atom stereocenters. The number of hydrogen-bond acceptors (Lipinski definition) is 3. The molecular formula is C27H18F2O3. The van der Waals surface area contributed by atoms with Crippen molar-refractivity contribution in [2.45, 2.75) is 0 Å². The fraction of sp³-hybridized carbons (Fsp3) is 0.0370. The molecule has 3 nitrogen and oxygen atoms in total. The van der Waals surface area contributed by atoms with Crippen LogP contribution in [0.3, 0.4) is 0 Å². The Bertz CT molecular complexity index is 1290. The van der Waals surface area contributed by atoms with Crippen LogP contribution in [-0.2, 0) is 4.74 Å². The number of methoxy groups -OCH3 is 1. The van der Waals surface area contributed by atoms with E-state index in [1.54, 1.807) is 60.7 Å². The Morgan fingerprint density at radius 1 is 0.656 bits per heavy atom. The molecule has 0 N–H and O–H groups in total. The van der Waals surface area contributed by atoms with Crippen LogP contribution in [0, 0.1) is 11.6 Å². The molecule has 0 aliphatic carbocycles. The van der Waals surface area contributed by atoms with Crippen LogP contribution >= 0.6 is 0 Å². The lowest BCUT2D eigenvalue weighted by atomic mass is 9.91. The van der Waals surface area contributed by atoms with Gasteiger partial charge < -0.3 is 4.74 Å². The van der Waals surface area contributed by atoms with Gasteiger partial charge in [0, 0.05) is 11.1 Å². The Hall–Kier alpha value is -4.12. The third-order valence-corrected chi connectivity index (χ3v) is 5.17. The van der Waals surface area contributed by atoms with Gasteiger partial charge in [0.2, 0.25) is 0 Å². The lowest BCUT2D eigenvalue weighted by Crippen LogP contribution is -2.09. The maximum Gasteiger partial charge on any atom is 0.338 e. The van der Waals surface area contributed by atoms with Crippen molar-refractivity contribution in [2.75, 3.05) is 7.11 Å². The average molecular weight is 428 g/mol. The van der Waals surface area contributed by atoms with Crippen LogP contribution < -0.4 is 0 Å². The minimum Gasteiger partial charge on any atom is -0.465 e. The lowest BCUT2D eigenvalue weighted by molar-refractivity contribution is 0.0601. The Labute approximate surface area is 183 Å². The van der Waals surface area contributed by atoms with Gasteiger partial charge in [-0.25, -0.2) is 13.6 Å². The number of ketones is 1. The van der Waals surface area contributed by atoms with Gasteiger partial charge in [-0.3, -0.25) is 4.79 Å². The van der Waals surface area contributed by atoms with Gasteiger partial charge in [-0.2, -0.15) is 0 Å². The van der Waals surface area contributed by atoms with E-state index in [2.05, 4.69) is 0 Å². The van der Waals surface area contributed by atoms with E-state index < -0.39 is 11.8 Å². The first kappa shape index (κ1) is 21.1. The molecule has 0 bridgehead atoms. The van der Waals surface area contributed by atoms with Crippen molar-refractivity contribution in [2.24, 2.45) is 0 Å². The van der Waals surface area contributed by atoms with Crippen molar-refractivity contribution < 1.29 is 23.1 Å². The molecule has 4 aromatic carbocycles. The highest BCUT2D eigenvalue weighted by Crippen LogP contribution is 2.29. The van der Waals surface area contributed by atoms with E-state index in [1.165, 1.54) is 37.4 Å². The van der Waals surface area contributed by atoms with E-state index in [0.29, 0.717) is 33.4 Å². The number of hydrogen-bond donors (Lipinski definition) is 0. The molecule has 32 heavy (non-hydrogen) atoms. The zero-order chi connectivity index (χ0) is 22.7. The molecule has 4 aromatic rings. The minimum atomic E-state index is -0.606. The summed E-state index contributed by atoms with van der Waals surface area (Å²) in [6, 6.07) is 23.4. The second-order valence-corrected chi connectivity index (χ2v) is 7.14. The largest absolute Gasteiger partial charge is 0.465 e. The predicted octanol–water partition coefficient (Wildman–Crippen LogP) is 6.32. The molecule has 158 valence electrons. The summed E-state index contributed by atoms with van der Waals surface area (Å²) < 4.78 is 31.6. The molecule has 0 atom stereocenters. The van der Waals surface area contributed by atoms with E-state index >= 15 is 0 Å². The molecule has 4 rings (SSSR count). The molecular weight excluding hydrogens is 410 g/mol. The van der Waals surface area contributed by atoms with Crippen molar-refractivity contribution >= 4 is 11.8 Å². The van der Waals surface area contributed by atoms with Crippen LogP contribution in [0.4, 0.5) is 8.78 Å². The third-order valence-electron chi connectivity index (χ3n) is 5.17. The van der Waals surface area contributed by atoms with Crippen LogP contribution in [0.1, 0.15) is 26.3 Å². The van der Waals surface area contributed by atoms with Crippen LogP contribution in [-0.4, -0.2) is 18.9 Å². The SMILES string of the molecule is COC(=O)c1cc(C(=O)c2ccccc2-c2ccc(F)cc2)ccc1-c1ccc(F)cc1. The number of rotatable bonds is 5. The first-order chi connectivity index (χ1) is 15.5. The van der Waals surface area contributed by atoms with Crippen molar-refractivity contribution in [3.05, 3.63) is 119 Å². The van der Waals surface area contributed by atoms with Gasteiger partial charge in [-0.1, -0.05) is 60.7 Å². The van der Waals surface area contributed by atoms with Crippen molar-refractivity contribution in [1.82, 2.24) is 0 Å². The van der Waals surface area contributed by atoms with E-state index in [-0.39, 0.29) is 17.2 Å². The van der Waals surface area contributed by atoms with E-state index in [9.17, 15) is 18.4 Å². The quantitative estimate of drug-likeness (QED) is 0.276. The summed E-state index contributed by atoms with van der Waals surface area (Å²) in [6.07, 6.45) is 0. The zero-order valence-corrected chi connectivity index (χ0v) is 17.1. The normalized spacial score (nSPS) is 10.6. The first-order valence-electron chi connectivity index (χ1n) is 9.86.